The summed E-state index contributed by atoms with van der Waals surface area (Å²) < 4.78 is 41.5. The van der Waals surface area contributed by atoms with E-state index >= 15 is 4.39 Å². The Hall–Kier alpha value is -6.74. The van der Waals surface area contributed by atoms with E-state index < -0.39 is 17.5 Å². The van der Waals surface area contributed by atoms with Crippen LogP contribution in [-0.4, -0.2) is 192 Å². The van der Waals surface area contributed by atoms with Crippen LogP contribution in [0, 0.1) is 17.2 Å². The quantitative estimate of drug-likeness (QED) is 0.0771. The number of pyridine rings is 1. The number of carbonyl (C=O) groups excluding carboxylic acids is 4. The molecule has 7 aliphatic heterocycles. The smallest absolute Gasteiger partial charge is 0.410 e. The largest absolute Gasteiger partial charge is 0.468 e. The predicted octanol–water partition coefficient (Wildman–Crippen LogP) is 7.26. The minimum absolute atomic E-state index is 0.0310. The summed E-state index contributed by atoms with van der Waals surface area (Å²) in [5.41, 5.74) is 4.04. The topological polar surface area (TPSA) is 179 Å². The van der Waals surface area contributed by atoms with Crippen LogP contribution in [0.5, 0.6) is 11.8 Å². The van der Waals surface area contributed by atoms with Crippen molar-refractivity contribution in [2.24, 2.45) is 11.3 Å². The number of hydrogen-bond acceptors (Lipinski definition) is 16. The molecule has 6 saturated heterocycles. The van der Waals surface area contributed by atoms with Gasteiger partial charge in [0.25, 0.3) is 5.91 Å². The zero-order chi connectivity index (χ0) is 57.3. The lowest BCUT2D eigenvalue weighted by Gasteiger charge is -2.49. The number of likely N-dealkylation sites (tertiary alicyclic amines) is 2. The number of amides is 4. The van der Waals surface area contributed by atoms with Crippen LogP contribution < -0.4 is 24.6 Å². The van der Waals surface area contributed by atoms with Crippen LogP contribution in [0.1, 0.15) is 101 Å². The molecule has 7 fully saturated rings. The normalized spacial score (nSPS) is 23.5. The van der Waals surface area contributed by atoms with Gasteiger partial charge in [-0.1, -0.05) is 25.1 Å². The standard InChI is InChI=1S/C63H78FN11O8/c1-6-40-8-7-9-41-27-47(82-38-80-5)28-49(53(40)41)55-54(64)56-50(29-65-55)57(73-34-44-10-11-45(35-73)75(44)61(79)83-62(2,3)4)68-60(67-56)81-37-63(18-19-63)36-69-20-16-39(17-21-69)30-70-32-46(33-70)72-24-22-71(23-25-72)43-12-13-48-42(26-43)31-74(59(48)78)51-14-15-52(76)66-58(51)77/h7-9,12-13,26-29,39,44-46,51H,6,10-11,14-25,30-38H2,1-5H3,(H,66,76,77)/t44?,45?,51-/m0/s1. The number of piperidine rings is 2. The van der Waals surface area contributed by atoms with Crippen molar-refractivity contribution in [2.45, 2.75) is 122 Å². The van der Waals surface area contributed by atoms with Gasteiger partial charge in [0.2, 0.25) is 11.8 Å². The first-order chi connectivity index (χ1) is 40.1. The van der Waals surface area contributed by atoms with Crippen molar-refractivity contribution in [3.63, 3.8) is 0 Å². The fourth-order valence-corrected chi connectivity index (χ4v) is 14.3. The molecule has 3 aromatic carbocycles. The SMILES string of the molecule is CCc1cccc2cc(OCOC)cc(-c3ncc4c(N5CC6CCC(C5)N6C(=O)OC(C)(C)C)nc(OCC5(CN6CCC(CN7CC(N8CCN(c9ccc%10c(c9)CN([C@H]9CCC(=O)NC9=O)C%10=O)CC8)C7)CC6)CC5)nc4c3F)c12. The summed E-state index contributed by atoms with van der Waals surface area (Å²) in [6, 6.07) is 15.8. The number of piperazine rings is 2. The average molecular weight is 1140 g/mol. The molecule has 2 unspecified atom stereocenters. The number of carbonyl (C=O) groups is 4. The zero-order valence-electron chi connectivity index (χ0n) is 48.7. The number of anilines is 2. The third kappa shape index (κ3) is 11.2. The van der Waals surface area contributed by atoms with Gasteiger partial charge < -0.3 is 38.5 Å². The lowest BCUT2D eigenvalue weighted by atomic mass is 9.93. The summed E-state index contributed by atoms with van der Waals surface area (Å²) in [5, 5.41) is 4.70. The van der Waals surface area contributed by atoms with E-state index in [1.54, 1.807) is 18.2 Å². The van der Waals surface area contributed by atoms with Crippen molar-refractivity contribution in [1.29, 1.82) is 0 Å². The Morgan fingerprint density at radius 2 is 1.60 bits per heavy atom. The third-order valence-corrected chi connectivity index (χ3v) is 18.9. The van der Waals surface area contributed by atoms with E-state index in [1.807, 2.05) is 62.1 Å². The van der Waals surface area contributed by atoms with Gasteiger partial charge in [-0.25, -0.2) is 9.18 Å². The van der Waals surface area contributed by atoms with E-state index in [4.69, 9.17) is 33.9 Å². The Morgan fingerprint density at radius 1 is 0.831 bits per heavy atom. The van der Waals surface area contributed by atoms with Gasteiger partial charge in [0.05, 0.1) is 24.1 Å². The number of imide groups is 1. The highest BCUT2D eigenvalue weighted by molar-refractivity contribution is 6.06. The molecule has 83 heavy (non-hydrogen) atoms. The van der Waals surface area contributed by atoms with Crippen molar-refractivity contribution in [2.75, 3.05) is 109 Å². The van der Waals surface area contributed by atoms with Crippen molar-refractivity contribution < 1.29 is 42.5 Å². The summed E-state index contributed by atoms with van der Waals surface area (Å²) >= 11 is 0. The molecule has 1 N–H and O–H groups in total. The van der Waals surface area contributed by atoms with E-state index in [0.717, 1.165) is 125 Å². The lowest BCUT2D eigenvalue weighted by molar-refractivity contribution is -0.136. The molecule has 0 radical (unpaired) electrons. The van der Waals surface area contributed by atoms with E-state index in [2.05, 4.69) is 48.9 Å². The second-order valence-electron chi connectivity index (χ2n) is 25.7. The number of methoxy groups -OCH3 is 1. The van der Waals surface area contributed by atoms with Crippen molar-refractivity contribution >= 4 is 57.0 Å². The first-order valence-corrected chi connectivity index (χ1v) is 30.2. The fraction of sp³-hybridized carbons (Fsp3) is 0.571. The minimum atomic E-state index is -0.619. The number of fused-ring (bicyclic) bond motifs is 5. The van der Waals surface area contributed by atoms with E-state index in [0.29, 0.717) is 72.7 Å². The molecular weight excluding hydrogens is 1060 g/mol. The van der Waals surface area contributed by atoms with Crippen molar-refractivity contribution in [1.82, 2.24) is 44.8 Å². The average Bonchev–Trinajstić information content (AvgIpc) is 4.14. The highest BCUT2D eigenvalue weighted by atomic mass is 19.1. The maximum Gasteiger partial charge on any atom is 0.410 e. The number of ether oxygens (including phenoxy) is 4. The molecule has 5 aromatic rings. The third-order valence-electron chi connectivity index (χ3n) is 18.9. The Kier molecular flexibility index (Phi) is 14.9. The van der Waals surface area contributed by atoms with E-state index in [9.17, 15) is 19.2 Å². The molecular formula is C63H78FN11O8. The molecule has 0 spiro atoms. The number of hydrogen-bond donors (Lipinski definition) is 1. The van der Waals surface area contributed by atoms with Gasteiger partial charge in [-0.2, -0.15) is 9.97 Å². The number of rotatable bonds is 16. The summed E-state index contributed by atoms with van der Waals surface area (Å²) in [5.74, 6) is 0.404. The molecule has 20 heteroatoms. The molecule has 9 heterocycles. The second-order valence-corrected chi connectivity index (χ2v) is 25.7. The monoisotopic (exact) mass is 1140 g/mol. The Balaban J connectivity index is 0.636. The Labute approximate surface area is 484 Å². The summed E-state index contributed by atoms with van der Waals surface area (Å²) in [6.07, 6.45) is 8.83. The van der Waals surface area contributed by atoms with E-state index in [1.165, 1.54) is 12.8 Å². The maximum atomic E-state index is 17.7. The van der Waals surface area contributed by atoms with Crippen LogP contribution >= 0.6 is 0 Å². The summed E-state index contributed by atoms with van der Waals surface area (Å²) in [7, 11) is 1.57. The predicted molar refractivity (Wildman–Crippen MR) is 312 cm³/mol. The highest BCUT2D eigenvalue weighted by Gasteiger charge is 2.48. The molecule has 13 rings (SSSR count). The van der Waals surface area contributed by atoms with Gasteiger partial charge in [0, 0.05) is 120 Å². The summed E-state index contributed by atoms with van der Waals surface area (Å²) in [6.45, 7) is 19.9. The Bertz CT molecular complexity index is 3320. The molecule has 3 atom stereocenters. The van der Waals surface area contributed by atoms with Crippen LogP contribution in [0.3, 0.4) is 0 Å². The molecule has 440 valence electrons. The van der Waals surface area contributed by atoms with Gasteiger partial charge in [-0.15, -0.1) is 0 Å². The highest BCUT2D eigenvalue weighted by Crippen LogP contribution is 2.48. The molecule has 1 saturated carbocycles. The second kappa shape index (κ2) is 22.4. The van der Waals surface area contributed by atoms with Gasteiger partial charge in [0.15, 0.2) is 12.6 Å². The molecule has 19 nitrogen and oxygen atoms in total. The minimum Gasteiger partial charge on any atom is -0.468 e. The molecule has 8 aliphatic rings. The van der Waals surface area contributed by atoms with E-state index in [-0.39, 0.29) is 71.7 Å². The number of halogens is 1. The number of benzene rings is 3. The van der Waals surface area contributed by atoms with Crippen LogP contribution in [0.25, 0.3) is 32.9 Å². The Morgan fingerprint density at radius 3 is 2.31 bits per heavy atom. The van der Waals surface area contributed by atoms with Crippen LogP contribution in [-0.2, 0) is 32.0 Å². The van der Waals surface area contributed by atoms with Crippen LogP contribution in [0.15, 0.2) is 54.7 Å². The lowest BCUT2D eigenvalue weighted by Crippen LogP contribution is -2.63. The number of aryl methyl sites for hydroxylation is 1. The maximum absolute atomic E-state index is 17.7. The first-order valence-electron chi connectivity index (χ1n) is 30.2. The van der Waals surface area contributed by atoms with Gasteiger partial charge >= 0.3 is 12.1 Å². The number of aromatic nitrogens is 3. The van der Waals surface area contributed by atoms with Gasteiger partial charge in [0.1, 0.15) is 34.4 Å². The number of nitrogens with one attached hydrogen (secondary N) is 1. The molecule has 1 aliphatic carbocycles. The molecule has 2 bridgehead atoms. The van der Waals surface area contributed by atoms with Crippen molar-refractivity contribution in [3.8, 4) is 23.0 Å². The van der Waals surface area contributed by atoms with Crippen molar-refractivity contribution in [3.05, 3.63) is 77.2 Å². The number of nitrogens with zero attached hydrogens (tertiary/aromatic N) is 10. The molecule has 4 amide bonds. The summed E-state index contributed by atoms with van der Waals surface area (Å²) in [4.78, 5) is 82.0. The molecule has 2 aromatic heterocycles. The first kappa shape index (κ1) is 55.4. The zero-order valence-corrected chi connectivity index (χ0v) is 48.7. The van der Waals surface area contributed by atoms with Crippen LogP contribution in [0.2, 0.25) is 0 Å². The van der Waals surface area contributed by atoms with Gasteiger partial charge in [-0.05, 0) is 143 Å². The van der Waals surface area contributed by atoms with Gasteiger partial charge in [-0.3, -0.25) is 39.4 Å². The van der Waals surface area contributed by atoms with Crippen LogP contribution in [0.4, 0.5) is 20.7 Å². The fourth-order valence-electron chi connectivity index (χ4n) is 14.3.